The molecule has 0 amide bonds. The van der Waals surface area contributed by atoms with Crippen molar-refractivity contribution in [2.45, 2.75) is 37.0 Å². The van der Waals surface area contributed by atoms with E-state index >= 15 is 0 Å². The number of benzene rings is 2. The molecule has 0 aliphatic rings. The van der Waals surface area contributed by atoms with E-state index in [-0.39, 0.29) is 40.3 Å². The second-order valence-electron chi connectivity index (χ2n) is 8.37. The fourth-order valence-corrected chi connectivity index (χ4v) is 4.95. The second kappa shape index (κ2) is 11.1. The molecule has 0 aliphatic carbocycles. The Hall–Kier alpha value is -3.77. The Bertz CT molecular complexity index is 1490. The number of rotatable bonds is 10. The minimum Gasteiger partial charge on any atom is -0.414 e. The van der Waals surface area contributed by atoms with E-state index in [2.05, 4.69) is 25.5 Å². The molecular formula is C25H26F2N6O3S. The minimum absolute atomic E-state index is 0.0321. The van der Waals surface area contributed by atoms with Gasteiger partial charge in [0.15, 0.2) is 21.3 Å². The summed E-state index contributed by atoms with van der Waals surface area (Å²) in [6.45, 7) is 3.48. The molecule has 2 heterocycles. The number of anilines is 1. The maximum absolute atomic E-state index is 14.7. The van der Waals surface area contributed by atoms with Crippen molar-refractivity contribution in [1.82, 2.24) is 25.5 Å². The minimum atomic E-state index is -3.42. The first kappa shape index (κ1) is 26.3. The van der Waals surface area contributed by atoms with Crippen molar-refractivity contribution in [2.24, 2.45) is 0 Å². The number of nitrogen functional groups attached to an aromatic ring is 1. The van der Waals surface area contributed by atoms with E-state index in [1.165, 1.54) is 30.5 Å². The van der Waals surface area contributed by atoms with Crippen LogP contribution in [0, 0.1) is 5.82 Å². The van der Waals surface area contributed by atoms with Gasteiger partial charge in [0.25, 0.3) is 11.8 Å². The monoisotopic (exact) mass is 528 g/mol. The predicted molar refractivity (Wildman–Crippen MR) is 135 cm³/mol. The first-order valence-corrected chi connectivity index (χ1v) is 13.2. The molecule has 9 nitrogen and oxygen atoms in total. The molecule has 0 aliphatic heterocycles. The summed E-state index contributed by atoms with van der Waals surface area (Å²) in [6, 6.07) is 10.8. The quantitative estimate of drug-likeness (QED) is 0.290. The van der Waals surface area contributed by atoms with Gasteiger partial charge in [-0.15, -0.1) is 10.2 Å². The standard InChI is InChI=1S/C25H26F2N6O3S/c1-3-15(2)37(34,35)18-7-5-17(6-8-18)21-14-30-23(28)22(31-21)25-33-32-24(36-25)19-9-4-16(12-20(19)27)13-29-11-10-26/h4-9,12,14-15,29H,3,10-11,13H2,1-2H3,(H2,28,30). The van der Waals surface area contributed by atoms with Crippen LogP contribution in [0.2, 0.25) is 0 Å². The van der Waals surface area contributed by atoms with E-state index in [0.717, 1.165) is 0 Å². The van der Waals surface area contributed by atoms with Crippen LogP contribution in [0.1, 0.15) is 25.8 Å². The molecule has 1 unspecified atom stereocenters. The van der Waals surface area contributed by atoms with Crippen molar-refractivity contribution < 1.29 is 21.6 Å². The van der Waals surface area contributed by atoms with Crippen LogP contribution < -0.4 is 11.1 Å². The highest BCUT2D eigenvalue weighted by atomic mass is 32.2. The zero-order valence-corrected chi connectivity index (χ0v) is 21.1. The van der Waals surface area contributed by atoms with Crippen LogP contribution in [0.4, 0.5) is 14.6 Å². The molecule has 2 aromatic heterocycles. The number of alkyl halides is 1. The highest BCUT2D eigenvalue weighted by molar-refractivity contribution is 7.92. The molecule has 2 aromatic carbocycles. The van der Waals surface area contributed by atoms with Crippen LogP contribution in [0.25, 0.3) is 34.3 Å². The predicted octanol–water partition coefficient (Wildman–Crippen LogP) is 4.21. The Kier molecular flexibility index (Phi) is 7.89. The smallest absolute Gasteiger partial charge is 0.270 e. The number of nitrogens with zero attached hydrogens (tertiary/aromatic N) is 4. The summed E-state index contributed by atoms with van der Waals surface area (Å²) in [4.78, 5) is 8.85. The molecule has 4 rings (SSSR count). The Morgan fingerprint density at radius 2 is 1.84 bits per heavy atom. The third-order valence-corrected chi connectivity index (χ3v) is 8.20. The summed E-state index contributed by atoms with van der Waals surface area (Å²) in [5.74, 6) is -0.660. The third kappa shape index (κ3) is 5.65. The first-order valence-electron chi connectivity index (χ1n) is 11.6. The van der Waals surface area contributed by atoms with Gasteiger partial charge < -0.3 is 15.5 Å². The first-order chi connectivity index (χ1) is 17.7. The lowest BCUT2D eigenvalue weighted by Crippen LogP contribution is -2.16. The van der Waals surface area contributed by atoms with Crippen LogP contribution in [-0.2, 0) is 16.4 Å². The van der Waals surface area contributed by atoms with Gasteiger partial charge in [0, 0.05) is 18.7 Å². The van der Waals surface area contributed by atoms with Gasteiger partial charge in [0.1, 0.15) is 12.5 Å². The van der Waals surface area contributed by atoms with E-state index in [0.29, 0.717) is 29.8 Å². The van der Waals surface area contributed by atoms with Crippen molar-refractivity contribution in [3.63, 3.8) is 0 Å². The summed E-state index contributed by atoms with van der Waals surface area (Å²) in [7, 11) is -3.42. The van der Waals surface area contributed by atoms with Crippen LogP contribution in [0.3, 0.4) is 0 Å². The van der Waals surface area contributed by atoms with E-state index in [1.807, 2.05) is 6.92 Å². The highest BCUT2D eigenvalue weighted by Gasteiger charge is 2.22. The molecule has 1 atom stereocenters. The molecule has 194 valence electrons. The van der Waals surface area contributed by atoms with Gasteiger partial charge in [-0.05, 0) is 43.2 Å². The van der Waals surface area contributed by atoms with Gasteiger partial charge in [-0.25, -0.2) is 27.2 Å². The number of nitrogens with one attached hydrogen (secondary N) is 1. The summed E-state index contributed by atoms with van der Waals surface area (Å²) in [6.07, 6.45) is 1.96. The summed E-state index contributed by atoms with van der Waals surface area (Å²) in [5, 5.41) is 10.2. The van der Waals surface area contributed by atoms with E-state index in [9.17, 15) is 17.2 Å². The van der Waals surface area contributed by atoms with Crippen LogP contribution >= 0.6 is 0 Å². The number of hydrogen-bond acceptors (Lipinski definition) is 9. The molecule has 3 N–H and O–H groups in total. The Morgan fingerprint density at radius 3 is 2.51 bits per heavy atom. The molecule has 37 heavy (non-hydrogen) atoms. The summed E-state index contributed by atoms with van der Waals surface area (Å²) >= 11 is 0. The molecule has 0 radical (unpaired) electrons. The molecule has 12 heteroatoms. The van der Waals surface area contributed by atoms with E-state index in [4.69, 9.17) is 10.2 Å². The zero-order chi connectivity index (χ0) is 26.6. The second-order valence-corrected chi connectivity index (χ2v) is 10.7. The van der Waals surface area contributed by atoms with E-state index in [1.54, 1.807) is 25.1 Å². The van der Waals surface area contributed by atoms with Crippen molar-refractivity contribution >= 4 is 15.7 Å². The molecule has 0 spiro atoms. The van der Waals surface area contributed by atoms with Crippen LogP contribution in [0.5, 0.6) is 0 Å². The highest BCUT2D eigenvalue weighted by Crippen LogP contribution is 2.30. The fourth-order valence-electron chi connectivity index (χ4n) is 3.53. The number of nitrogens with two attached hydrogens (primary N) is 1. The number of hydrogen-bond donors (Lipinski definition) is 2. The number of halogens is 2. The van der Waals surface area contributed by atoms with Crippen LogP contribution in [0.15, 0.2) is 58.0 Å². The van der Waals surface area contributed by atoms with Crippen molar-refractivity contribution in [2.75, 3.05) is 19.0 Å². The molecular weight excluding hydrogens is 502 g/mol. The molecule has 0 bridgehead atoms. The van der Waals surface area contributed by atoms with Crippen molar-refractivity contribution in [3.05, 3.63) is 60.0 Å². The SMILES string of the molecule is CCC(C)S(=O)(=O)c1ccc(-c2cnc(N)c(-c3nnc(-c4ccc(CNCCF)cc4F)o3)n2)cc1. The summed E-state index contributed by atoms with van der Waals surface area (Å²) in [5.41, 5.74) is 7.86. The molecule has 0 saturated heterocycles. The van der Waals surface area contributed by atoms with Gasteiger partial charge in [-0.1, -0.05) is 25.1 Å². The fraction of sp³-hybridized carbons (Fsp3) is 0.280. The Balaban J connectivity index is 1.60. The van der Waals surface area contributed by atoms with Gasteiger partial charge in [-0.3, -0.25) is 0 Å². The lowest BCUT2D eigenvalue weighted by molar-refractivity contribution is 0.466. The van der Waals surface area contributed by atoms with Crippen LogP contribution in [-0.4, -0.2) is 47.1 Å². The Labute approximate surface area is 213 Å². The topological polar surface area (TPSA) is 137 Å². The maximum atomic E-state index is 14.7. The third-order valence-electron chi connectivity index (χ3n) is 5.88. The molecule has 0 fully saturated rings. The summed E-state index contributed by atoms with van der Waals surface area (Å²) < 4.78 is 57.8. The average molecular weight is 529 g/mol. The van der Waals surface area contributed by atoms with Gasteiger partial charge in [-0.2, -0.15) is 0 Å². The molecule has 4 aromatic rings. The normalized spacial score (nSPS) is 12.5. The van der Waals surface area contributed by atoms with Crippen molar-refractivity contribution in [1.29, 1.82) is 0 Å². The van der Waals surface area contributed by atoms with Crippen molar-refractivity contribution in [3.8, 4) is 34.3 Å². The maximum Gasteiger partial charge on any atom is 0.270 e. The number of aromatic nitrogens is 4. The van der Waals surface area contributed by atoms with E-state index < -0.39 is 27.6 Å². The largest absolute Gasteiger partial charge is 0.414 e. The lowest BCUT2D eigenvalue weighted by atomic mass is 10.1. The zero-order valence-electron chi connectivity index (χ0n) is 20.3. The molecule has 0 saturated carbocycles. The average Bonchev–Trinajstić information content (AvgIpc) is 3.38. The van der Waals surface area contributed by atoms with Gasteiger partial charge in [0.2, 0.25) is 0 Å². The number of sulfone groups is 1. The lowest BCUT2D eigenvalue weighted by Gasteiger charge is -2.11. The van der Waals surface area contributed by atoms with Gasteiger partial charge >= 0.3 is 0 Å². The Morgan fingerprint density at radius 1 is 1.11 bits per heavy atom. The van der Waals surface area contributed by atoms with Gasteiger partial charge in [0.05, 0.1) is 27.6 Å².